The lowest BCUT2D eigenvalue weighted by atomic mass is 10.1. The molecule has 2 aromatic carbocycles. The Labute approximate surface area is 151 Å². The van der Waals surface area contributed by atoms with Crippen LogP contribution in [-0.4, -0.2) is 13.0 Å². The average molecular weight is 424 g/mol. The van der Waals surface area contributed by atoms with Gasteiger partial charge in [0.2, 0.25) is 0 Å². The van der Waals surface area contributed by atoms with Gasteiger partial charge < -0.3 is 10.1 Å². The Kier molecular flexibility index (Phi) is 5.61. The highest BCUT2D eigenvalue weighted by atomic mass is 79.9. The lowest BCUT2D eigenvalue weighted by Gasteiger charge is -2.13. The van der Waals surface area contributed by atoms with E-state index >= 15 is 0 Å². The number of nitrogens with one attached hydrogen (secondary N) is 1. The largest absolute Gasteiger partial charge is 0.496 e. The van der Waals surface area contributed by atoms with Gasteiger partial charge in [0.05, 0.1) is 33.4 Å². The molecule has 0 heterocycles. The molecular formula is C15H11BrCl3NO2. The van der Waals surface area contributed by atoms with E-state index in [-0.39, 0.29) is 5.91 Å². The van der Waals surface area contributed by atoms with Crippen LogP contribution in [0.15, 0.2) is 28.7 Å². The average Bonchev–Trinajstić information content (AvgIpc) is 2.43. The molecule has 0 aliphatic heterocycles. The molecule has 0 saturated carbocycles. The number of hydrogen-bond acceptors (Lipinski definition) is 2. The molecule has 2 aromatic rings. The van der Waals surface area contributed by atoms with Crippen LogP contribution in [0.4, 0.5) is 5.69 Å². The van der Waals surface area contributed by atoms with Gasteiger partial charge in [-0.25, -0.2) is 0 Å². The fraction of sp³-hybridized carbons (Fsp3) is 0.133. The molecule has 0 spiro atoms. The molecule has 0 saturated heterocycles. The lowest BCUT2D eigenvalue weighted by Crippen LogP contribution is -2.14. The van der Waals surface area contributed by atoms with Crippen molar-refractivity contribution in [3.05, 3.63) is 54.9 Å². The smallest absolute Gasteiger partial charge is 0.259 e. The van der Waals surface area contributed by atoms with E-state index < -0.39 is 0 Å². The molecule has 0 atom stereocenters. The Morgan fingerprint density at radius 3 is 2.36 bits per heavy atom. The molecule has 0 aliphatic carbocycles. The molecule has 1 N–H and O–H groups in total. The van der Waals surface area contributed by atoms with Crippen LogP contribution in [0.3, 0.4) is 0 Å². The van der Waals surface area contributed by atoms with Gasteiger partial charge in [-0.2, -0.15) is 0 Å². The monoisotopic (exact) mass is 421 g/mol. The van der Waals surface area contributed by atoms with Crippen molar-refractivity contribution in [2.75, 3.05) is 12.4 Å². The van der Waals surface area contributed by atoms with E-state index in [4.69, 9.17) is 39.5 Å². The first kappa shape index (κ1) is 17.4. The molecule has 3 nitrogen and oxygen atoms in total. The quantitative estimate of drug-likeness (QED) is 0.617. The molecule has 1 amide bonds. The predicted octanol–water partition coefficient (Wildman–Crippen LogP) is 5.98. The third-order valence-corrected chi connectivity index (χ3v) is 4.44. The van der Waals surface area contributed by atoms with Crippen molar-refractivity contribution in [3.63, 3.8) is 0 Å². The minimum atomic E-state index is -0.360. The van der Waals surface area contributed by atoms with Crippen molar-refractivity contribution >= 4 is 62.3 Å². The minimum absolute atomic E-state index is 0.299. The van der Waals surface area contributed by atoms with Crippen molar-refractivity contribution in [3.8, 4) is 5.75 Å². The summed E-state index contributed by atoms with van der Waals surface area (Å²) in [5, 5.41) is 3.63. The zero-order chi connectivity index (χ0) is 16.4. The Hall–Kier alpha value is -0.940. The Morgan fingerprint density at radius 2 is 1.73 bits per heavy atom. The summed E-state index contributed by atoms with van der Waals surface area (Å²) in [6.07, 6.45) is 0. The van der Waals surface area contributed by atoms with E-state index in [0.717, 1.165) is 10.0 Å². The van der Waals surface area contributed by atoms with Gasteiger partial charge in [-0.05, 0) is 36.8 Å². The second kappa shape index (κ2) is 7.09. The second-order valence-corrected chi connectivity index (χ2v) is 6.64. The maximum Gasteiger partial charge on any atom is 0.259 e. The topological polar surface area (TPSA) is 38.3 Å². The third-order valence-electron chi connectivity index (χ3n) is 2.95. The molecule has 22 heavy (non-hydrogen) atoms. The van der Waals surface area contributed by atoms with Crippen molar-refractivity contribution < 1.29 is 9.53 Å². The van der Waals surface area contributed by atoms with Crippen molar-refractivity contribution in [1.29, 1.82) is 0 Å². The Morgan fingerprint density at radius 1 is 1.09 bits per heavy atom. The van der Waals surface area contributed by atoms with Crippen LogP contribution >= 0.6 is 50.7 Å². The predicted molar refractivity (Wildman–Crippen MR) is 94.9 cm³/mol. The van der Waals surface area contributed by atoms with Gasteiger partial charge in [-0.15, -0.1) is 0 Å². The maximum absolute atomic E-state index is 12.5. The molecular weight excluding hydrogens is 412 g/mol. The summed E-state index contributed by atoms with van der Waals surface area (Å²) in [7, 11) is 1.51. The Bertz CT molecular complexity index is 750. The van der Waals surface area contributed by atoms with E-state index in [2.05, 4.69) is 21.2 Å². The van der Waals surface area contributed by atoms with E-state index in [1.54, 1.807) is 6.07 Å². The first-order valence-corrected chi connectivity index (χ1v) is 8.06. The van der Waals surface area contributed by atoms with Crippen LogP contribution in [0.2, 0.25) is 15.1 Å². The number of rotatable bonds is 3. The van der Waals surface area contributed by atoms with Crippen molar-refractivity contribution in [1.82, 2.24) is 0 Å². The van der Waals surface area contributed by atoms with E-state index in [0.29, 0.717) is 32.1 Å². The number of halogens is 4. The molecule has 2 rings (SSSR count). The molecule has 0 aliphatic rings. The molecule has 0 radical (unpaired) electrons. The van der Waals surface area contributed by atoms with Gasteiger partial charge in [0.25, 0.3) is 5.91 Å². The highest BCUT2D eigenvalue weighted by Gasteiger charge is 2.17. The lowest BCUT2D eigenvalue weighted by molar-refractivity contribution is 0.102. The highest BCUT2D eigenvalue weighted by Crippen LogP contribution is 2.34. The van der Waals surface area contributed by atoms with E-state index in [1.807, 2.05) is 13.0 Å². The third kappa shape index (κ3) is 3.69. The minimum Gasteiger partial charge on any atom is -0.496 e. The standard InChI is InChI=1S/C15H11BrCl3NO2/c1-7-3-8(16)4-9(14(7)22-2)15(21)20-13-6-11(18)10(17)5-12(13)19/h3-6H,1-2H3,(H,20,21). The summed E-state index contributed by atoms with van der Waals surface area (Å²) in [5.74, 6) is 0.137. The molecule has 0 aromatic heterocycles. The van der Waals surface area contributed by atoms with Gasteiger partial charge in [0.15, 0.2) is 0 Å². The van der Waals surface area contributed by atoms with Crippen LogP contribution in [0.25, 0.3) is 0 Å². The van der Waals surface area contributed by atoms with Crippen molar-refractivity contribution in [2.24, 2.45) is 0 Å². The number of ether oxygens (including phenoxy) is 1. The number of anilines is 1. The van der Waals surface area contributed by atoms with Crippen molar-refractivity contribution in [2.45, 2.75) is 6.92 Å². The number of hydrogen-bond donors (Lipinski definition) is 1. The summed E-state index contributed by atoms with van der Waals surface area (Å²) in [4.78, 5) is 12.5. The molecule has 0 unspecified atom stereocenters. The normalized spacial score (nSPS) is 10.5. The summed E-state index contributed by atoms with van der Waals surface area (Å²) in [6, 6.07) is 6.51. The molecule has 116 valence electrons. The number of carbonyl (C=O) groups is 1. The maximum atomic E-state index is 12.5. The van der Waals surface area contributed by atoms with Crippen LogP contribution in [0.1, 0.15) is 15.9 Å². The van der Waals surface area contributed by atoms with Gasteiger partial charge in [-0.3, -0.25) is 4.79 Å². The fourth-order valence-corrected chi connectivity index (χ4v) is 3.14. The zero-order valence-electron chi connectivity index (χ0n) is 11.6. The molecule has 7 heteroatoms. The zero-order valence-corrected chi connectivity index (χ0v) is 15.5. The number of aryl methyl sites for hydroxylation is 1. The Balaban J connectivity index is 2.40. The van der Waals surface area contributed by atoms with Crippen LogP contribution < -0.4 is 10.1 Å². The van der Waals surface area contributed by atoms with Gasteiger partial charge >= 0.3 is 0 Å². The molecule has 0 bridgehead atoms. The summed E-state index contributed by atoms with van der Waals surface area (Å²) in [6.45, 7) is 1.85. The summed E-state index contributed by atoms with van der Waals surface area (Å²) < 4.78 is 6.08. The SMILES string of the molecule is COc1c(C)cc(Br)cc1C(=O)Nc1cc(Cl)c(Cl)cc1Cl. The molecule has 0 fully saturated rings. The van der Waals surface area contributed by atoms with Gasteiger partial charge in [0.1, 0.15) is 5.75 Å². The first-order chi connectivity index (χ1) is 10.3. The fourth-order valence-electron chi connectivity index (χ4n) is 1.98. The summed E-state index contributed by atoms with van der Waals surface area (Å²) >= 11 is 21.3. The second-order valence-electron chi connectivity index (χ2n) is 4.50. The summed E-state index contributed by atoms with van der Waals surface area (Å²) in [5.41, 5.74) is 1.60. The van der Waals surface area contributed by atoms with Crippen LogP contribution in [0, 0.1) is 6.92 Å². The highest BCUT2D eigenvalue weighted by molar-refractivity contribution is 9.10. The number of carbonyl (C=O) groups excluding carboxylic acids is 1. The van der Waals surface area contributed by atoms with Crippen LogP contribution in [-0.2, 0) is 0 Å². The number of benzene rings is 2. The van der Waals surface area contributed by atoms with Gasteiger partial charge in [-0.1, -0.05) is 50.7 Å². The first-order valence-electron chi connectivity index (χ1n) is 6.13. The van der Waals surface area contributed by atoms with E-state index in [1.165, 1.54) is 19.2 Å². The number of amides is 1. The van der Waals surface area contributed by atoms with E-state index in [9.17, 15) is 4.79 Å². The van der Waals surface area contributed by atoms with Gasteiger partial charge in [0, 0.05) is 4.47 Å². The van der Waals surface area contributed by atoms with Crippen LogP contribution in [0.5, 0.6) is 5.75 Å². The number of methoxy groups -OCH3 is 1.